The van der Waals surface area contributed by atoms with Crippen LogP contribution in [0.1, 0.15) is 20.3 Å². The van der Waals surface area contributed by atoms with E-state index >= 15 is 0 Å². The Balaban J connectivity index is 3.06. The van der Waals surface area contributed by atoms with Gasteiger partial charge >= 0.3 is 0 Å². The van der Waals surface area contributed by atoms with Gasteiger partial charge in [-0.05, 0) is 13.0 Å². The minimum Gasteiger partial charge on any atom is -0.492 e. The molecule has 0 bridgehead atoms. The third kappa shape index (κ3) is 3.44. The number of hydrogen-bond acceptors (Lipinski definition) is 4. The third-order valence-electron chi connectivity index (χ3n) is 2.07. The fourth-order valence-corrected chi connectivity index (χ4v) is 1.25. The molecule has 0 aromatic heterocycles. The first-order valence-electron chi connectivity index (χ1n) is 5.29. The van der Waals surface area contributed by atoms with Crippen molar-refractivity contribution in [2.24, 2.45) is 0 Å². The van der Waals surface area contributed by atoms with Crippen LogP contribution >= 0.6 is 0 Å². The van der Waals surface area contributed by atoms with Crippen LogP contribution in [-0.4, -0.2) is 17.4 Å². The zero-order chi connectivity index (χ0) is 12.8. The molecule has 0 heterocycles. The number of hydrogen-bond donors (Lipinski definition) is 1. The minimum absolute atomic E-state index is 0.0835. The molecule has 17 heavy (non-hydrogen) atoms. The molecule has 0 fully saturated rings. The zero-order valence-electron chi connectivity index (χ0n) is 9.73. The molecule has 0 aliphatic rings. The largest absolute Gasteiger partial charge is 0.492 e. The molecular weight excluding hydrogens is 224 g/mol. The maximum atomic E-state index is 11.3. The maximum absolute atomic E-state index is 11.3. The number of ether oxygens (including phenoxy) is 1. The highest BCUT2D eigenvalue weighted by molar-refractivity contribution is 5.92. The van der Waals surface area contributed by atoms with Crippen LogP contribution in [0.2, 0.25) is 0 Å². The molecule has 0 saturated carbocycles. The van der Waals surface area contributed by atoms with Crippen LogP contribution in [-0.2, 0) is 4.79 Å². The molecule has 6 heteroatoms. The van der Waals surface area contributed by atoms with E-state index in [0.717, 1.165) is 0 Å². The number of carbonyl (C=O) groups is 1. The number of non-ortho nitro benzene ring substituents is 1. The Bertz CT molecular complexity index is 431. The van der Waals surface area contributed by atoms with Gasteiger partial charge in [0.1, 0.15) is 5.75 Å². The number of nitro benzene ring substituents is 1. The quantitative estimate of drug-likeness (QED) is 0.630. The number of anilines is 1. The lowest BCUT2D eigenvalue weighted by Gasteiger charge is -2.10. The molecule has 0 saturated heterocycles. The fourth-order valence-electron chi connectivity index (χ4n) is 1.25. The molecule has 6 nitrogen and oxygen atoms in total. The molecule has 1 aromatic rings. The molecule has 1 N–H and O–H groups in total. The molecule has 1 amide bonds. The molecule has 0 radical (unpaired) electrons. The molecule has 92 valence electrons. The summed E-state index contributed by atoms with van der Waals surface area (Å²) in [6, 6.07) is 4.11. The van der Waals surface area contributed by atoms with Gasteiger partial charge in [-0.15, -0.1) is 0 Å². The molecule has 1 aromatic carbocycles. The Morgan fingerprint density at radius 2 is 2.18 bits per heavy atom. The van der Waals surface area contributed by atoms with Crippen molar-refractivity contribution in [3.63, 3.8) is 0 Å². The molecule has 0 atom stereocenters. The van der Waals surface area contributed by atoms with Crippen LogP contribution in [0.25, 0.3) is 0 Å². The number of amides is 1. The molecular formula is C11H14N2O4. The minimum atomic E-state index is -0.517. The Labute approximate surface area is 98.7 Å². The van der Waals surface area contributed by atoms with E-state index in [2.05, 4.69) is 5.32 Å². The van der Waals surface area contributed by atoms with Crippen LogP contribution in [0, 0.1) is 10.1 Å². The van der Waals surface area contributed by atoms with E-state index in [4.69, 9.17) is 4.74 Å². The summed E-state index contributed by atoms with van der Waals surface area (Å²) < 4.78 is 5.28. The number of nitrogens with zero attached hydrogens (tertiary/aromatic N) is 1. The van der Waals surface area contributed by atoms with Crippen molar-refractivity contribution in [3.05, 3.63) is 28.3 Å². The number of rotatable bonds is 5. The van der Waals surface area contributed by atoms with Gasteiger partial charge in [0, 0.05) is 18.6 Å². The van der Waals surface area contributed by atoms with Gasteiger partial charge in [0.15, 0.2) is 0 Å². The topological polar surface area (TPSA) is 81.5 Å². The summed E-state index contributed by atoms with van der Waals surface area (Å²) in [5.74, 6) is 0.214. The van der Waals surface area contributed by atoms with E-state index in [1.54, 1.807) is 13.8 Å². The molecule has 0 spiro atoms. The first-order valence-corrected chi connectivity index (χ1v) is 5.29. The predicted molar refractivity (Wildman–Crippen MR) is 63.2 cm³/mol. The average Bonchev–Trinajstić information content (AvgIpc) is 2.31. The Morgan fingerprint density at radius 1 is 1.47 bits per heavy atom. The van der Waals surface area contributed by atoms with Crippen molar-refractivity contribution in [1.82, 2.24) is 0 Å². The lowest BCUT2D eigenvalue weighted by atomic mass is 10.2. The van der Waals surface area contributed by atoms with E-state index in [0.29, 0.717) is 24.5 Å². The second-order valence-corrected chi connectivity index (χ2v) is 3.27. The Morgan fingerprint density at radius 3 is 2.71 bits per heavy atom. The van der Waals surface area contributed by atoms with Crippen molar-refractivity contribution >= 4 is 17.3 Å². The van der Waals surface area contributed by atoms with Gasteiger partial charge in [-0.3, -0.25) is 14.9 Å². The van der Waals surface area contributed by atoms with Crippen LogP contribution in [0.5, 0.6) is 5.75 Å². The fraction of sp³-hybridized carbons (Fsp3) is 0.364. The summed E-state index contributed by atoms with van der Waals surface area (Å²) in [4.78, 5) is 21.4. The summed E-state index contributed by atoms with van der Waals surface area (Å²) in [6.45, 7) is 3.92. The standard InChI is InChI=1S/C11H14N2O4/c1-3-11(14)12-9-7-8(13(15)16)5-6-10(9)17-4-2/h5-7H,3-4H2,1-2H3,(H,12,14). The van der Waals surface area contributed by atoms with E-state index in [1.807, 2.05) is 0 Å². The lowest BCUT2D eigenvalue weighted by molar-refractivity contribution is -0.384. The second-order valence-electron chi connectivity index (χ2n) is 3.27. The third-order valence-corrected chi connectivity index (χ3v) is 2.07. The first kappa shape index (κ1) is 13.0. The van der Waals surface area contributed by atoms with Gasteiger partial charge in [-0.1, -0.05) is 6.92 Å². The smallest absolute Gasteiger partial charge is 0.271 e. The number of benzene rings is 1. The molecule has 0 aliphatic carbocycles. The van der Waals surface area contributed by atoms with Crippen LogP contribution < -0.4 is 10.1 Å². The predicted octanol–water partition coefficient (Wildman–Crippen LogP) is 2.34. The van der Waals surface area contributed by atoms with Crippen molar-refractivity contribution in [2.75, 3.05) is 11.9 Å². The monoisotopic (exact) mass is 238 g/mol. The maximum Gasteiger partial charge on any atom is 0.271 e. The van der Waals surface area contributed by atoms with Crippen molar-refractivity contribution in [3.8, 4) is 5.75 Å². The highest BCUT2D eigenvalue weighted by Gasteiger charge is 2.13. The van der Waals surface area contributed by atoms with Crippen molar-refractivity contribution < 1.29 is 14.5 Å². The number of nitro groups is 1. The van der Waals surface area contributed by atoms with Gasteiger partial charge < -0.3 is 10.1 Å². The van der Waals surface area contributed by atoms with Crippen molar-refractivity contribution in [1.29, 1.82) is 0 Å². The summed E-state index contributed by atoms with van der Waals surface area (Å²) >= 11 is 0. The summed E-state index contributed by atoms with van der Waals surface area (Å²) in [5, 5.41) is 13.2. The first-order chi connectivity index (χ1) is 8.08. The highest BCUT2D eigenvalue weighted by Crippen LogP contribution is 2.29. The van der Waals surface area contributed by atoms with Gasteiger partial charge in [0.25, 0.3) is 5.69 Å². The van der Waals surface area contributed by atoms with E-state index in [-0.39, 0.29) is 11.6 Å². The van der Waals surface area contributed by atoms with E-state index in [1.165, 1.54) is 18.2 Å². The molecule has 0 unspecified atom stereocenters. The van der Waals surface area contributed by atoms with Gasteiger partial charge in [-0.25, -0.2) is 0 Å². The highest BCUT2D eigenvalue weighted by atomic mass is 16.6. The van der Waals surface area contributed by atoms with Crippen LogP contribution in [0.3, 0.4) is 0 Å². The van der Waals surface area contributed by atoms with Crippen LogP contribution in [0.4, 0.5) is 11.4 Å². The summed E-state index contributed by atoms with van der Waals surface area (Å²) in [6.07, 6.45) is 0.300. The SMILES string of the molecule is CCOc1ccc([N+](=O)[O-])cc1NC(=O)CC. The number of carbonyl (C=O) groups excluding carboxylic acids is 1. The van der Waals surface area contributed by atoms with E-state index in [9.17, 15) is 14.9 Å². The Kier molecular flexibility index (Phi) is 4.45. The van der Waals surface area contributed by atoms with Crippen molar-refractivity contribution in [2.45, 2.75) is 20.3 Å². The summed E-state index contributed by atoms with van der Waals surface area (Å²) in [5.41, 5.74) is 0.243. The molecule has 1 rings (SSSR count). The van der Waals surface area contributed by atoms with Gasteiger partial charge in [-0.2, -0.15) is 0 Å². The zero-order valence-corrected chi connectivity index (χ0v) is 9.73. The Hall–Kier alpha value is -2.11. The normalized spacial score (nSPS) is 9.76. The lowest BCUT2D eigenvalue weighted by Crippen LogP contribution is -2.11. The van der Waals surface area contributed by atoms with Gasteiger partial charge in [0.05, 0.1) is 17.2 Å². The van der Waals surface area contributed by atoms with E-state index < -0.39 is 4.92 Å². The second kappa shape index (κ2) is 5.83. The van der Waals surface area contributed by atoms with Gasteiger partial charge in [0.2, 0.25) is 5.91 Å². The summed E-state index contributed by atoms with van der Waals surface area (Å²) in [7, 11) is 0. The number of nitrogens with one attached hydrogen (secondary N) is 1. The average molecular weight is 238 g/mol. The molecule has 0 aliphatic heterocycles. The van der Waals surface area contributed by atoms with Crippen LogP contribution in [0.15, 0.2) is 18.2 Å².